The van der Waals surface area contributed by atoms with Crippen molar-refractivity contribution < 1.29 is 35.0 Å². The van der Waals surface area contributed by atoms with E-state index in [2.05, 4.69) is 5.73 Å². The molecule has 4 N–H and O–H groups in total. The van der Waals surface area contributed by atoms with Gasteiger partial charge in [-0.25, -0.2) is 4.79 Å². The van der Waals surface area contributed by atoms with Crippen molar-refractivity contribution in [2.45, 2.75) is 12.5 Å². The number of hydrogen-bond donors (Lipinski definition) is 1. The number of halogens is 2. The van der Waals surface area contributed by atoms with Gasteiger partial charge < -0.3 is 25.4 Å². The van der Waals surface area contributed by atoms with Gasteiger partial charge in [0, 0.05) is 18.6 Å². The van der Waals surface area contributed by atoms with Gasteiger partial charge in [0.15, 0.2) is 17.8 Å². The lowest BCUT2D eigenvalue weighted by molar-refractivity contribution is -0.254. The molecule has 0 saturated heterocycles. The Balaban J connectivity index is 0.00000363. The van der Waals surface area contributed by atoms with Crippen LogP contribution in [0.15, 0.2) is 42.5 Å². The second-order valence-corrected chi connectivity index (χ2v) is 8.50. The number of thiophene rings is 1. The zero-order valence-corrected chi connectivity index (χ0v) is 19.6. The number of ether oxygens (including phenoxy) is 3. The third kappa shape index (κ3) is 5.79. The number of carbonyl (C=O) groups is 2. The normalized spacial score (nSPS) is 11.3. The van der Waals surface area contributed by atoms with E-state index in [-0.39, 0.29) is 11.9 Å². The molecule has 1 atom stereocenters. The molecule has 0 unspecified atom stereocenters. The van der Waals surface area contributed by atoms with Crippen LogP contribution in [0.1, 0.15) is 36.6 Å². The number of rotatable bonds is 8. The minimum absolute atomic E-state index is 0. The first-order valence-electron chi connectivity index (χ1n) is 9.14. The molecule has 170 valence electrons. The summed E-state index contributed by atoms with van der Waals surface area (Å²) in [4.78, 5) is 24.5. The number of esters is 1. The monoisotopic (exact) mass is 497 g/mol. The van der Waals surface area contributed by atoms with Gasteiger partial charge in [0.25, 0.3) is 0 Å². The highest BCUT2D eigenvalue weighted by Crippen LogP contribution is 2.36. The van der Waals surface area contributed by atoms with Gasteiger partial charge in [-0.2, -0.15) is 0 Å². The topological polar surface area (TPSA) is 119 Å². The number of aldehydes is 1. The molecule has 0 aliphatic carbocycles. The fourth-order valence-corrected chi connectivity index (χ4v) is 4.42. The average molecular weight is 498 g/mol. The fraction of sp³-hybridized carbons (Fsp3) is 0.182. The summed E-state index contributed by atoms with van der Waals surface area (Å²) in [5.74, 6) is 0.479. The molecule has 0 fully saturated rings. The molecule has 2 aromatic carbocycles. The van der Waals surface area contributed by atoms with Gasteiger partial charge in [0.2, 0.25) is 0 Å². The molecule has 1 heterocycles. The van der Waals surface area contributed by atoms with E-state index in [9.17, 15) is 9.59 Å². The Morgan fingerprint density at radius 2 is 1.72 bits per heavy atom. The molecule has 7 nitrogen and oxygen atoms in total. The van der Waals surface area contributed by atoms with E-state index in [4.69, 9.17) is 37.4 Å². The number of methoxy groups -OCH3 is 2. The van der Waals surface area contributed by atoms with Gasteiger partial charge in [-0.3, -0.25) is 4.79 Å². The molecule has 10 heteroatoms. The molecular weight excluding hydrogens is 477 g/mol. The third-order valence-electron chi connectivity index (χ3n) is 4.56. The second kappa shape index (κ2) is 11.3. The van der Waals surface area contributed by atoms with E-state index in [1.807, 2.05) is 0 Å². The highest BCUT2D eigenvalue weighted by molar-refractivity contribution is 7.15. The second-order valence-electron chi connectivity index (χ2n) is 6.57. The third-order valence-corrected chi connectivity index (χ3v) is 6.23. The summed E-state index contributed by atoms with van der Waals surface area (Å²) in [7, 11) is 3.06. The molecule has 0 aliphatic rings. The average Bonchev–Trinajstić information content (AvgIpc) is 3.24. The van der Waals surface area contributed by atoms with E-state index in [0.29, 0.717) is 54.4 Å². The highest BCUT2D eigenvalue weighted by Gasteiger charge is 2.24. The summed E-state index contributed by atoms with van der Waals surface area (Å²) in [6.07, 6.45) is 0.192. The van der Waals surface area contributed by atoms with Crippen LogP contribution in [0.25, 0.3) is 0 Å². The molecule has 0 radical (unpaired) electrons. The molecule has 3 rings (SSSR count). The predicted molar refractivity (Wildman–Crippen MR) is 122 cm³/mol. The maximum atomic E-state index is 12.8. The Kier molecular flexibility index (Phi) is 9.06. The van der Waals surface area contributed by atoms with Gasteiger partial charge in [-0.05, 0) is 35.4 Å². The van der Waals surface area contributed by atoms with E-state index in [1.165, 1.54) is 14.2 Å². The molecule has 0 bridgehead atoms. The predicted octanol–water partition coefficient (Wildman–Crippen LogP) is 4.72. The number of hydrogen-bond acceptors (Lipinski definition) is 7. The van der Waals surface area contributed by atoms with Crippen LogP contribution in [0.2, 0.25) is 10.0 Å². The molecule has 1 aromatic heterocycles. The number of benzene rings is 2. The van der Waals surface area contributed by atoms with Crippen LogP contribution in [0.3, 0.4) is 0 Å². The van der Waals surface area contributed by atoms with E-state index >= 15 is 0 Å². The van der Waals surface area contributed by atoms with Crippen molar-refractivity contribution in [3.8, 4) is 11.5 Å². The first-order chi connectivity index (χ1) is 14.9. The SMILES string of the molecule is COc1ccc([C@H](Cc2c(Cl)cc([NH3+])cc2Cl)OC(=O)c2ccc(C=O)s2)cc1OC.[OH-]. The van der Waals surface area contributed by atoms with Crippen molar-refractivity contribution in [3.63, 3.8) is 0 Å². The lowest BCUT2D eigenvalue weighted by Gasteiger charge is -2.21. The Labute approximate surface area is 198 Å². The van der Waals surface area contributed by atoms with E-state index in [0.717, 1.165) is 11.3 Å². The molecule has 0 amide bonds. The van der Waals surface area contributed by atoms with Gasteiger partial charge in [0.1, 0.15) is 16.7 Å². The Hall–Kier alpha value is -2.62. The van der Waals surface area contributed by atoms with Gasteiger partial charge in [-0.15, -0.1) is 11.3 Å². The first kappa shape index (κ1) is 25.6. The quantitative estimate of drug-likeness (QED) is 0.355. The maximum absolute atomic E-state index is 12.8. The van der Waals surface area contributed by atoms with Crippen molar-refractivity contribution in [1.29, 1.82) is 0 Å². The van der Waals surface area contributed by atoms with Crippen molar-refractivity contribution in [1.82, 2.24) is 0 Å². The minimum Gasteiger partial charge on any atom is -0.870 e. The zero-order valence-electron chi connectivity index (χ0n) is 17.3. The first-order valence-corrected chi connectivity index (χ1v) is 10.7. The maximum Gasteiger partial charge on any atom is 0.348 e. The molecular formula is C22H21Cl2NO6S. The smallest absolute Gasteiger partial charge is 0.348 e. The van der Waals surface area contributed by atoms with Crippen molar-refractivity contribution in [3.05, 3.63) is 73.4 Å². The number of carbonyl (C=O) groups excluding carboxylic acids is 2. The molecule has 32 heavy (non-hydrogen) atoms. The lowest BCUT2D eigenvalue weighted by Crippen LogP contribution is -2.40. The summed E-state index contributed by atoms with van der Waals surface area (Å²) in [6.45, 7) is 0. The Bertz CT molecular complexity index is 1090. The summed E-state index contributed by atoms with van der Waals surface area (Å²) >= 11 is 13.9. The highest BCUT2D eigenvalue weighted by atomic mass is 35.5. The van der Waals surface area contributed by atoms with E-state index in [1.54, 1.807) is 42.5 Å². The van der Waals surface area contributed by atoms with Crippen LogP contribution >= 0.6 is 34.5 Å². The molecule has 0 aliphatic heterocycles. The molecule has 0 saturated carbocycles. The minimum atomic E-state index is -0.722. The number of quaternary nitrogens is 1. The van der Waals surface area contributed by atoms with E-state index < -0.39 is 12.1 Å². The standard InChI is InChI=1S/C22H19Cl2NO5S.H2O/c1-28-18-5-3-12(7-20(18)29-2)19(10-15-16(23)8-13(25)9-17(15)24)30-22(27)21-6-4-14(11-26)31-21;/h3-9,11,19H,10,25H2,1-2H3;1H2/t19-;/m0./s1. The van der Waals surface area contributed by atoms with Crippen LogP contribution in [-0.2, 0) is 11.2 Å². The Morgan fingerprint density at radius 1 is 1.06 bits per heavy atom. The van der Waals surface area contributed by atoms with Crippen LogP contribution in [-0.4, -0.2) is 32.0 Å². The zero-order chi connectivity index (χ0) is 22.5. The van der Waals surface area contributed by atoms with Crippen LogP contribution in [0.4, 0.5) is 5.69 Å². The van der Waals surface area contributed by atoms with Crippen molar-refractivity contribution >= 4 is 52.5 Å². The summed E-state index contributed by atoms with van der Waals surface area (Å²) < 4.78 is 16.5. The fourth-order valence-electron chi connectivity index (χ4n) is 3.03. The van der Waals surface area contributed by atoms with Gasteiger partial charge in [0.05, 0.1) is 29.1 Å². The van der Waals surface area contributed by atoms with Gasteiger partial charge in [-0.1, -0.05) is 29.3 Å². The molecule has 3 aromatic rings. The summed E-state index contributed by atoms with van der Waals surface area (Å²) in [5, 5.41) is 0.858. The summed E-state index contributed by atoms with van der Waals surface area (Å²) in [6, 6.07) is 11.8. The lowest BCUT2D eigenvalue weighted by atomic mass is 10.00. The largest absolute Gasteiger partial charge is 0.870 e. The van der Waals surface area contributed by atoms with Crippen molar-refractivity contribution in [2.24, 2.45) is 0 Å². The van der Waals surface area contributed by atoms with Gasteiger partial charge >= 0.3 is 5.97 Å². The van der Waals surface area contributed by atoms with Crippen LogP contribution < -0.4 is 15.2 Å². The Morgan fingerprint density at radius 3 is 2.28 bits per heavy atom. The van der Waals surface area contributed by atoms with Crippen LogP contribution in [0, 0.1) is 0 Å². The summed E-state index contributed by atoms with van der Waals surface area (Å²) in [5.41, 5.74) is 5.83. The molecule has 0 spiro atoms. The van der Waals surface area contributed by atoms with Crippen molar-refractivity contribution in [2.75, 3.05) is 14.2 Å². The van der Waals surface area contributed by atoms with Crippen LogP contribution in [0.5, 0.6) is 11.5 Å².